The number of aromatic nitrogens is 4. The van der Waals surface area contributed by atoms with Crippen molar-refractivity contribution in [2.24, 2.45) is 0 Å². The van der Waals surface area contributed by atoms with Crippen LogP contribution < -0.4 is 15.4 Å². The number of rotatable bonds is 7. The minimum atomic E-state index is -0.407. The molecule has 3 aromatic carbocycles. The first kappa shape index (κ1) is 24.7. The zero-order chi connectivity index (χ0) is 26.8. The number of benzene rings is 3. The van der Waals surface area contributed by atoms with Gasteiger partial charge in [-0.25, -0.2) is 18.4 Å². The lowest BCUT2D eigenvalue weighted by atomic mass is 10.1. The molecular weight excluding hydrogens is 500 g/mol. The summed E-state index contributed by atoms with van der Waals surface area (Å²) in [5, 5.41) is 5.09. The number of ether oxygens (including phenoxy) is 1. The largest absolute Gasteiger partial charge is 0.492 e. The maximum Gasteiger partial charge on any atom is 0.228 e. The predicted molar refractivity (Wildman–Crippen MR) is 147 cm³/mol. The van der Waals surface area contributed by atoms with Gasteiger partial charge in [0.1, 0.15) is 29.8 Å². The molecule has 0 radical (unpaired) electrons. The number of piperazine rings is 1. The average Bonchev–Trinajstić information content (AvgIpc) is 3.30. The van der Waals surface area contributed by atoms with E-state index in [2.05, 4.69) is 14.9 Å². The second-order valence-corrected chi connectivity index (χ2v) is 9.35. The van der Waals surface area contributed by atoms with Gasteiger partial charge in [0.2, 0.25) is 5.95 Å². The normalized spacial score (nSPS) is 14.2. The molecule has 0 bridgehead atoms. The molecule has 0 saturated carbocycles. The highest BCUT2D eigenvalue weighted by atomic mass is 19.1. The van der Waals surface area contributed by atoms with Gasteiger partial charge < -0.3 is 15.4 Å². The number of para-hydroxylation sites is 1. The van der Waals surface area contributed by atoms with Crippen molar-refractivity contribution in [2.75, 3.05) is 50.0 Å². The van der Waals surface area contributed by atoms with Crippen LogP contribution in [0.15, 0.2) is 78.9 Å². The van der Waals surface area contributed by atoms with Gasteiger partial charge in [0.05, 0.1) is 16.8 Å². The van der Waals surface area contributed by atoms with Gasteiger partial charge in [-0.1, -0.05) is 36.4 Å². The number of halogens is 2. The highest BCUT2D eigenvalue weighted by molar-refractivity contribution is 5.99. The van der Waals surface area contributed by atoms with Crippen LogP contribution in [0.1, 0.15) is 0 Å². The van der Waals surface area contributed by atoms with E-state index in [4.69, 9.17) is 20.4 Å². The van der Waals surface area contributed by atoms with Crippen molar-refractivity contribution in [3.05, 3.63) is 90.5 Å². The number of hydrogen-bond acceptors (Lipinski definition) is 7. The van der Waals surface area contributed by atoms with Gasteiger partial charge in [0, 0.05) is 38.3 Å². The maximum absolute atomic E-state index is 14.2. The Kier molecular flexibility index (Phi) is 6.76. The molecule has 1 aliphatic rings. The standard InChI is InChI=1S/C29H27F2N7O/c30-21-7-4-6-20(18-21)26-25-27(32)38(23-9-5-8-22(31)19-23)35-28(25)34-29(33-26)37-14-12-36(13-15-37)16-17-39-24-10-2-1-3-11-24/h1-11,18-19H,12-17,32H2. The van der Waals surface area contributed by atoms with Crippen LogP contribution >= 0.6 is 0 Å². The fourth-order valence-electron chi connectivity index (χ4n) is 4.77. The second kappa shape index (κ2) is 10.7. The third-order valence-electron chi connectivity index (χ3n) is 6.78. The van der Waals surface area contributed by atoms with Crippen LogP contribution in [-0.2, 0) is 0 Å². The highest BCUT2D eigenvalue weighted by Crippen LogP contribution is 2.34. The molecule has 0 aliphatic carbocycles. The van der Waals surface area contributed by atoms with E-state index in [1.165, 1.54) is 28.9 Å². The lowest BCUT2D eigenvalue weighted by Gasteiger charge is -2.34. The summed E-state index contributed by atoms with van der Waals surface area (Å²) in [6, 6.07) is 22.0. The summed E-state index contributed by atoms with van der Waals surface area (Å²) in [5.41, 5.74) is 8.37. The van der Waals surface area contributed by atoms with Gasteiger partial charge in [-0.05, 0) is 42.5 Å². The number of fused-ring (bicyclic) bond motifs is 1. The fourth-order valence-corrected chi connectivity index (χ4v) is 4.77. The van der Waals surface area contributed by atoms with E-state index in [1.54, 1.807) is 24.3 Å². The van der Waals surface area contributed by atoms with Crippen LogP contribution in [0.25, 0.3) is 28.0 Å². The van der Waals surface area contributed by atoms with E-state index in [-0.39, 0.29) is 11.6 Å². The van der Waals surface area contributed by atoms with Crippen LogP contribution in [0, 0.1) is 11.6 Å². The quantitative estimate of drug-likeness (QED) is 0.333. The molecule has 10 heteroatoms. The Hall–Kier alpha value is -4.57. The summed E-state index contributed by atoms with van der Waals surface area (Å²) in [5.74, 6) is 0.814. The Morgan fingerprint density at radius 2 is 1.56 bits per heavy atom. The Labute approximate surface area is 224 Å². The minimum Gasteiger partial charge on any atom is -0.492 e. The average molecular weight is 528 g/mol. The van der Waals surface area contributed by atoms with Crippen molar-refractivity contribution in [1.29, 1.82) is 0 Å². The molecule has 1 fully saturated rings. The Morgan fingerprint density at radius 3 is 2.31 bits per heavy atom. The lowest BCUT2D eigenvalue weighted by molar-refractivity contribution is 0.200. The summed E-state index contributed by atoms with van der Waals surface area (Å²) in [4.78, 5) is 14.0. The summed E-state index contributed by atoms with van der Waals surface area (Å²) < 4.78 is 35.5. The van der Waals surface area contributed by atoms with Gasteiger partial charge >= 0.3 is 0 Å². The molecule has 6 rings (SSSR count). The van der Waals surface area contributed by atoms with Gasteiger partial charge in [0.15, 0.2) is 5.65 Å². The van der Waals surface area contributed by atoms with E-state index >= 15 is 0 Å². The van der Waals surface area contributed by atoms with E-state index < -0.39 is 5.82 Å². The molecule has 5 aromatic rings. The first-order chi connectivity index (χ1) is 19.0. The van der Waals surface area contributed by atoms with Gasteiger partial charge in [-0.2, -0.15) is 4.98 Å². The van der Waals surface area contributed by atoms with Crippen LogP contribution in [0.3, 0.4) is 0 Å². The van der Waals surface area contributed by atoms with Crippen LogP contribution in [0.5, 0.6) is 5.75 Å². The van der Waals surface area contributed by atoms with Crippen molar-refractivity contribution in [3.8, 4) is 22.7 Å². The molecule has 2 N–H and O–H groups in total. The monoisotopic (exact) mass is 527 g/mol. The molecule has 3 heterocycles. The van der Waals surface area contributed by atoms with Crippen LogP contribution in [0.4, 0.5) is 20.5 Å². The molecule has 198 valence electrons. The Morgan fingerprint density at radius 1 is 0.821 bits per heavy atom. The first-order valence-corrected chi connectivity index (χ1v) is 12.8. The molecular formula is C29H27F2N7O. The zero-order valence-corrected chi connectivity index (χ0v) is 21.2. The van der Waals surface area contributed by atoms with Crippen molar-refractivity contribution >= 4 is 22.8 Å². The third kappa shape index (κ3) is 5.23. The molecule has 0 spiro atoms. The van der Waals surface area contributed by atoms with Gasteiger partial charge in [0.25, 0.3) is 0 Å². The van der Waals surface area contributed by atoms with E-state index in [0.29, 0.717) is 53.6 Å². The number of nitrogens with two attached hydrogens (primary N) is 1. The molecule has 0 unspecified atom stereocenters. The summed E-state index contributed by atoms with van der Waals surface area (Å²) in [6.45, 7) is 4.46. The van der Waals surface area contributed by atoms with Crippen molar-refractivity contribution in [1.82, 2.24) is 24.6 Å². The van der Waals surface area contributed by atoms with E-state index in [0.717, 1.165) is 25.4 Å². The van der Waals surface area contributed by atoms with Crippen LogP contribution in [0.2, 0.25) is 0 Å². The second-order valence-electron chi connectivity index (χ2n) is 9.35. The fraction of sp³-hybridized carbons (Fsp3) is 0.207. The van der Waals surface area contributed by atoms with Crippen molar-refractivity contribution < 1.29 is 13.5 Å². The molecule has 8 nitrogen and oxygen atoms in total. The van der Waals surface area contributed by atoms with Gasteiger partial charge in [-0.15, -0.1) is 5.10 Å². The summed E-state index contributed by atoms with van der Waals surface area (Å²) in [7, 11) is 0. The molecule has 39 heavy (non-hydrogen) atoms. The Bertz CT molecular complexity index is 1600. The summed E-state index contributed by atoms with van der Waals surface area (Å²) >= 11 is 0. The molecule has 0 amide bonds. The highest BCUT2D eigenvalue weighted by Gasteiger charge is 2.24. The molecule has 1 saturated heterocycles. The smallest absolute Gasteiger partial charge is 0.228 e. The van der Waals surface area contributed by atoms with Crippen molar-refractivity contribution in [3.63, 3.8) is 0 Å². The SMILES string of the molecule is Nc1c2c(-c3cccc(F)c3)nc(N3CCN(CCOc4ccccc4)CC3)nc2nn1-c1cccc(F)c1. The third-order valence-corrected chi connectivity index (χ3v) is 6.78. The number of anilines is 2. The summed E-state index contributed by atoms with van der Waals surface area (Å²) in [6.07, 6.45) is 0. The maximum atomic E-state index is 14.2. The number of nitrogens with zero attached hydrogens (tertiary/aromatic N) is 6. The predicted octanol–water partition coefficient (Wildman–Crippen LogP) is 4.54. The minimum absolute atomic E-state index is 0.254. The van der Waals surface area contributed by atoms with Gasteiger partial charge in [-0.3, -0.25) is 4.90 Å². The van der Waals surface area contributed by atoms with E-state index in [1.807, 2.05) is 30.3 Å². The topological polar surface area (TPSA) is 85.3 Å². The lowest BCUT2D eigenvalue weighted by Crippen LogP contribution is -2.48. The van der Waals surface area contributed by atoms with Crippen molar-refractivity contribution in [2.45, 2.75) is 0 Å². The number of nitrogen functional groups attached to an aromatic ring is 1. The first-order valence-electron chi connectivity index (χ1n) is 12.8. The van der Waals surface area contributed by atoms with Crippen LogP contribution in [-0.4, -0.2) is 64.0 Å². The molecule has 0 atom stereocenters. The zero-order valence-electron chi connectivity index (χ0n) is 21.2. The number of hydrogen-bond donors (Lipinski definition) is 1. The molecule has 1 aliphatic heterocycles. The molecule has 2 aromatic heterocycles. The van der Waals surface area contributed by atoms with E-state index in [9.17, 15) is 8.78 Å². The Balaban J connectivity index is 1.28.